The Morgan fingerprint density at radius 2 is 1.80 bits per heavy atom. The van der Waals surface area contributed by atoms with Gasteiger partial charge in [0.15, 0.2) is 0 Å². The molecule has 0 spiro atoms. The van der Waals surface area contributed by atoms with E-state index in [1.165, 1.54) is 6.42 Å². The zero-order valence-electron chi connectivity index (χ0n) is 7.52. The van der Waals surface area contributed by atoms with Crippen LogP contribution in [-0.4, -0.2) is 6.04 Å². The van der Waals surface area contributed by atoms with Crippen molar-refractivity contribution < 1.29 is 0 Å². The molecule has 1 fully saturated rings. The van der Waals surface area contributed by atoms with Crippen LogP contribution in [0.5, 0.6) is 0 Å². The third kappa shape index (κ3) is 0.800. The van der Waals surface area contributed by atoms with Gasteiger partial charge in [0.25, 0.3) is 0 Å². The van der Waals surface area contributed by atoms with Crippen LogP contribution in [0.4, 0.5) is 0 Å². The maximum absolute atomic E-state index is 5.91. The van der Waals surface area contributed by atoms with Gasteiger partial charge in [-0.1, -0.05) is 20.8 Å². The largest absolute Gasteiger partial charge is 0.327 e. The lowest BCUT2D eigenvalue weighted by atomic mass is 9.52. The van der Waals surface area contributed by atoms with E-state index in [9.17, 15) is 0 Å². The number of hydrogen-bond acceptors (Lipinski definition) is 1. The molecule has 1 rings (SSSR count). The molecule has 1 heteroatoms. The van der Waals surface area contributed by atoms with Crippen molar-refractivity contribution in [2.75, 3.05) is 0 Å². The molecule has 0 heterocycles. The van der Waals surface area contributed by atoms with Crippen LogP contribution in [0.15, 0.2) is 0 Å². The summed E-state index contributed by atoms with van der Waals surface area (Å²) in [5, 5.41) is 0. The van der Waals surface area contributed by atoms with Crippen LogP contribution in [0.25, 0.3) is 0 Å². The summed E-state index contributed by atoms with van der Waals surface area (Å²) in [6.07, 6.45) is 1.36. The summed E-state index contributed by atoms with van der Waals surface area (Å²) < 4.78 is 0. The molecule has 1 nitrogen and oxygen atoms in total. The summed E-state index contributed by atoms with van der Waals surface area (Å²) in [5.41, 5.74) is 6.33. The third-order valence-corrected chi connectivity index (χ3v) is 3.81. The van der Waals surface area contributed by atoms with Gasteiger partial charge in [0, 0.05) is 6.04 Å². The smallest absolute Gasteiger partial charge is 0.00694 e. The van der Waals surface area contributed by atoms with Gasteiger partial charge >= 0.3 is 0 Å². The Balaban J connectivity index is 2.66. The summed E-state index contributed by atoms with van der Waals surface area (Å²) in [7, 11) is 0. The SMILES string of the molecule is CC(N)C1(C)C(C)CC1C. The van der Waals surface area contributed by atoms with E-state index in [4.69, 9.17) is 5.73 Å². The Morgan fingerprint density at radius 1 is 1.40 bits per heavy atom. The predicted octanol–water partition coefficient (Wildman–Crippen LogP) is 2.02. The van der Waals surface area contributed by atoms with Crippen molar-refractivity contribution in [2.24, 2.45) is 23.0 Å². The summed E-state index contributed by atoms with van der Waals surface area (Å²) in [6, 6.07) is 0.353. The maximum Gasteiger partial charge on any atom is 0.00694 e. The summed E-state index contributed by atoms with van der Waals surface area (Å²) >= 11 is 0. The van der Waals surface area contributed by atoms with Crippen molar-refractivity contribution in [1.82, 2.24) is 0 Å². The van der Waals surface area contributed by atoms with Gasteiger partial charge < -0.3 is 5.73 Å². The van der Waals surface area contributed by atoms with Gasteiger partial charge in [-0.15, -0.1) is 0 Å². The lowest BCUT2D eigenvalue weighted by Gasteiger charge is -2.54. The molecule has 10 heavy (non-hydrogen) atoms. The van der Waals surface area contributed by atoms with Crippen LogP contribution in [0.3, 0.4) is 0 Å². The average molecular weight is 141 g/mol. The minimum Gasteiger partial charge on any atom is -0.327 e. The highest BCUT2D eigenvalue weighted by atomic mass is 14.7. The minimum atomic E-state index is 0.353. The van der Waals surface area contributed by atoms with E-state index in [1.54, 1.807) is 0 Å². The molecule has 0 amide bonds. The normalized spacial score (nSPS) is 50.1. The van der Waals surface area contributed by atoms with Crippen LogP contribution < -0.4 is 5.73 Å². The molecule has 0 aromatic carbocycles. The standard InChI is InChI=1S/C9H19N/c1-6-5-7(2)9(6,4)8(3)10/h6-8H,5,10H2,1-4H3. The zero-order chi connectivity index (χ0) is 7.94. The topological polar surface area (TPSA) is 26.0 Å². The Labute approximate surface area is 64.0 Å². The average Bonchev–Trinajstić information content (AvgIpc) is 1.86. The lowest BCUT2D eigenvalue weighted by Crippen LogP contribution is -2.54. The van der Waals surface area contributed by atoms with Crippen LogP contribution >= 0.6 is 0 Å². The molecule has 0 saturated heterocycles. The summed E-state index contributed by atoms with van der Waals surface area (Å²) in [6.45, 7) is 9.06. The Kier molecular flexibility index (Phi) is 1.80. The fraction of sp³-hybridized carbons (Fsp3) is 1.00. The third-order valence-electron chi connectivity index (χ3n) is 3.81. The van der Waals surface area contributed by atoms with Gasteiger partial charge in [0.1, 0.15) is 0 Å². The van der Waals surface area contributed by atoms with Gasteiger partial charge in [-0.2, -0.15) is 0 Å². The Morgan fingerprint density at radius 3 is 1.90 bits per heavy atom. The molecule has 0 aromatic rings. The molecule has 0 radical (unpaired) electrons. The van der Waals surface area contributed by atoms with E-state index >= 15 is 0 Å². The number of hydrogen-bond donors (Lipinski definition) is 1. The molecule has 0 aromatic heterocycles. The first-order valence-corrected chi connectivity index (χ1v) is 4.25. The zero-order valence-corrected chi connectivity index (χ0v) is 7.52. The molecule has 3 atom stereocenters. The summed E-state index contributed by atoms with van der Waals surface area (Å²) in [4.78, 5) is 0. The Bertz CT molecular complexity index is 111. The molecule has 0 aliphatic heterocycles. The van der Waals surface area contributed by atoms with E-state index in [2.05, 4.69) is 27.7 Å². The first-order valence-electron chi connectivity index (χ1n) is 4.25. The van der Waals surface area contributed by atoms with Crippen molar-refractivity contribution in [3.05, 3.63) is 0 Å². The number of rotatable bonds is 1. The second kappa shape index (κ2) is 2.23. The van der Waals surface area contributed by atoms with Gasteiger partial charge in [-0.05, 0) is 30.6 Å². The van der Waals surface area contributed by atoms with Gasteiger partial charge in [0.2, 0.25) is 0 Å². The minimum absolute atomic E-state index is 0.353. The van der Waals surface area contributed by atoms with Crippen molar-refractivity contribution in [3.8, 4) is 0 Å². The molecule has 60 valence electrons. The van der Waals surface area contributed by atoms with Crippen LogP contribution in [0.1, 0.15) is 34.1 Å². The monoisotopic (exact) mass is 141 g/mol. The van der Waals surface area contributed by atoms with E-state index in [-0.39, 0.29) is 0 Å². The van der Waals surface area contributed by atoms with Crippen LogP contribution in [-0.2, 0) is 0 Å². The number of nitrogens with two attached hydrogens (primary N) is 1. The molecule has 0 bridgehead atoms. The van der Waals surface area contributed by atoms with E-state index < -0.39 is 0 Å². The van der Waals surface area contributed by atoms with Crippen molar-refractivity contribution in [3.63, 3.8) is 0 Å². The Hall–Kier alpha value is -0.0400. The van der Waals surface area contributed by atoms with Gasteiger partial charge in [0.05, 0.1) is 0 Å². The summed E-state index contributed by atoms with van der Waals surface area (Å²) in [5.74, 6) is 1.64. The van der Waals surface area contributed by atoms with Crippen molar-refractivity contribution >= 4 is 0 Å². The lowest BCUT2D eigenvalue weighted by molar-refractivity contribution is -0.0328. The fourth-order valence-electron chi connectivity index (χ4n) is 2.26. The first-order chi connectivity index (χ1) is 4.49. The van der Waals surface area contributed by atoms with E-state index in [0.717, 1.165) is 11.8 Å². The van der Waals surface area contributed by atoms with Crippen molar-refractivity contribution in [2.45, 2.75) is 40.2 Å². The van der Waals surface area contributed by atoms with E-state index in [1.807, 2.05) is 0 Å². The predicted molar refractivity (Wildman–Crippen MR) is 44.7 cm³/mol. The highest BCUT2D eigenvalue weighted by Gasteiger charge is 2.48. The highest BCUT2D eigenvalue weighted by molar-refractivity contribution is 4.99. The molecule has 3 unspecified atom stereocenters. The molecule has 1 saturated carbocycles. The first kappa shape index (κ1) is 8.06. The molecule has 1 aliphatic carbocycles. The van der Waals surface area contributed by atoms with Gasteiger partial charge in [-0.25, -0.2) is 0 Å². The quantitative estimate of drug-likeness (QED) is 0.594. The molecular formula is C9H19N. The second-order valence-corrected chi connectivity index (χ2v) is 4.19. The molecule has 1 aliphatic rings. The molecular weight excluding hydrogens is 122 g/mol. The van der Waals surface area contributed by atoms with Crippen molar-refractivity contribution in [1.29, 1.82) is 0 Å². The van der Waals surface area contributed by atoms with Crippen LogP contribution in [0.2, 0.25) is 0 Å². The van der Waals surface area contributed by atoms with Gasteiger partial charge in [-0.3, -0.25) is 0 Å². The fourth-order valence-corrected chi connectivity index (χ4v) is 2.26. The highest BCUT2D eigenvalue weighted by Crippen LogP contribution is 2.52. The molecule has 2 N–H and O–H groups in total. The van der Waals surface area contributed by atoms with E-state index in [0.29, 0.717) is 11.5 Å². The van der Waals surface area contributed by atoms with Crippen LogP contribution in [0, 0.1) is 17.3 Å². The second-order valence-electron chi connectivity index (χ2n) is 4.19. The maximum atomic E-state index is 5.91.